The standard InChI is InChI=1S/C20H21N3O3S2/c1-26-13-6-4-5-12(11-13)23-19(25)17-14-7-2-3-8-15(14)28-18(17)22-20(23)27-10-9-16(21)24/h4-6,11H,2-3,7-10H2,1H3,(H2,21,24). The molecule has 8 heteroatoms. The van der Waals surface area contributed by atoms with Crippen LogP contribution in [0.2, 0.25) is 0 Å². The number of amides is 1. The first-order valence-corrected chi connectivity index (χ1v) is 11.0. The SMILES string of the molecule is COc1cccc(-n2c(SCCC(N)=O)nc3sc4c(c3c2=O)CCCC4)c1. The number of hydrogen-bond donors (Lipinski definition) is 1. The van der Waals surface area contributed by atoms with Gasteiger partial charge in [0.25, 0.3) is 5.56 Å². The lowest BCUT2D eigenvalue weighted by Crippen LogP contribution is -2.22. The molecule has 0 saturated carbocycles. The Morgan fingerprint density at radius 2 is 2.18 bits per heavy atom. The van der Waals surface area contributed by atoms with E-state index in [-0.39, 0.29) is 17.9 Å². The zero-order chi connectivity index (χ0) is 19.7. The zero-order valence-corrected chi connectivity index (χ0v) is 17.2. The molecule has 1 amide bonds. The number of aryl methyl sites for hydroxylation is 2. The predicted octanol–water partition coefficient (Wildman–Crippen LogP) is 3.30. The summed E-state index contributed by atoms with van der Waals surface area (Å²) in [7, 11) is 1.60. The maximum atomic E-state index is 13.6. The number of nitrogens with zero attached hydrogens (tertiary/aromatic N) is 2. The van der Waals surface area contributed by atoms with Crippen LogP contribution in [0.3, 0.4) is 0 Å². The first kappa shape index (κ1) is 19.0. The second-order valence-electron chi connectivity index (χ2n) is 6.69. The molecular formula is C20H21N3O3S2. The van der Waals surface area contributed by atoms with Gasteiger partial charge in [0.05, 0.1) is 18.2 Å². The Morgan fingerprint density at radius 3 is 2.96 bits per heavy atom. The first-order chi connectivity index (χ1) is 13.6. The highest BCUT2D eigenvalue weighted by atomic mass is 32.2. The number of nitrogens with two attached hydrogens (primary N) is 1. The van der Waals surface area contributed by atoms with E-state index < -0.39 is 0 Å². The molecule has 2 aromatic heterocycles. The van der Waals surface area contributed by atoms with Crippen LogP contribution < -0.4 is 16.0 Å². The van der Waals surface area contributed by atoms with E-state index in [2.05, 4.69) is 0 Å². The molecule has 1 aliphatic rings. The third-order valence-electron chi connectivity index (χ3n) is 4.85. The van der Waals surface area contributed by atoms with Gasteiger partial charge in [-0.15, -0.1) is 11.3 Å². The van der Waals surface area contributed by atoms with E-state index in [1.165, 1.54) is 16.6 Å². The number of carbonyl (C=O) groups excluding carboxylic acids is 1. The van der Waals surface area contributed by atoms with Gasteiger partial charge in [-0.1, -0.05) is 17.8 Å². The molecule has 28 heavy (non-hydrogen) atoms. The molecule has 3 aromatic rings. The van der Waals surface area contributed by atoms with Crippen molar-refractivity contribution in [3.05, 3.63) is 45.1 Å². The van der Waals surface area contributed by atoms with Crippen LogP contribution in [0, 0.1) is 0 Å². The smallest absolute Gasteiger partial charge is 0.267 e. The number of carbonyl (C=O) groups is 1. The number of benzene rings is 1. The Kier molecular flexibility index (Phi) is 5.41. The molecule has 0 unspecified atom stereocenters. The van der Waals surface area contributed by atoms with Crippen LogP contribution >= 0.6 is 23.1 Å². The minimum atomic E-state index is -0.365. The average molecular weight is 416 g/mol. The number of ether oxygens (including phenoxy) is 1. The molecule has 0 spiro atoms. The molecule has 1 aliphatic carbocycles. The van der Waals surface area contributed by atoms with Crippen LogP contribution in [-0.4, -0.2) is 28.3 Å². The minimum absolute atomic E-state index is 0.0563. The van der Waals surface area contributed by atoms with Crippen LogP contribution in [0.25, 0.3) is 15.9 Å². The number of aromatic nitrogens is 2. The fourth-order valence-electron chi connectivity index (χ4n) is 3.50. The summed E-state index contributed by atoms with van der Waals surface area (Å²) in [6.07, 6.45) is 4.44. The van der Waals surface area contributed by atoms with Gasteiger partial charge in [-0.2, -0.15) is 0 Å². The lowest BCUT2D eigenvalue weighted by atomic mass is 9.97. The van der Waals surface area contributed by atoms with Crippen molar-refractivity contribution < 1.29 is 9.53 Å². The van der Waals surface area contributed by atoms with Crippen LogP contribution in [0.5, 0.6) is 5.75 Å². The van der Waals surface area contributed by atoms with Gasteiger partial charge in [0.2, 0.25) is 5.91 Å². The Labute approximate surface area is 170 Å². The minimum Gasteiger partial charge on any atom is -0.497 e. The summed E-state index contributed by atoms with van der Waals surface area (Å²) in [5.74, 6) is 0.780. The first-order valence-electron chi connectivity index (χ1n) is 9.21. The second-order valence-corrected chi connectivity index (χ2v) is 8.84. The predicted molar refractivity (Wildman–Crippen MR) is 113 cm³/mol. The Morgan fingerprint density at radius 1 is 1.36 bits per heavy atom. The summed E-state index contributed by atoms with van der Waals surface area (Å²) in [6.45, 7) is 0. The number of thioether (sulfide) groups is 1. The number of hydrogen-bond acceptors (Lipinski definition) is 6. The molecule has 146 valence electrons. The summed E-state index contributed by atoms with van der Waals surface area (Å²) in [5, 5.41) is 1.31. The Balaban J connectivity index is 1.91. The number of thiophene rings is 1. The van der Waals surface area contributed by atoms with Crippen molar-refractivity contribution >= 4 is 39.2 Å². The number of rotatable bonds is 6. The van der Waals surface area contributed by atoms with Gasteiger partial charge in [0, 0.05) is 23.1 Å². The number of methoxy groups -OCH3 is 1. The fourth-order valence-corrected chi connectivity index (χ4v) is 5.77. The van der Waals surface area contributed by atoms with Gasteiger partial charge in [-0.05, 0) is 43.4 Å². The van der Waals surface area contributed by atoms with E-state index in [1.54, 1.807) is 23.0 Å². The molecule has 2 heterocycles. The zero-order valence-electron chi connectivity index (χ0n) is 15.6. The molecule has 4 rings (SSSR count). The van der Waals surface area contributed by atoms with Crippen molar-refractivity contribution in [2.75, 3.05) is 12.9 Å². The van der Waals surface area contributed by atoms with Crippen LogP contribution in [-0.2, 0) is 17.6 Å². The van der Waals surface area contributed by atoms with Gasteiger partial charge in [-0.25, -0.2) is 4.98 Å². The molecule has 1 aromatic carbocycles. The number of fused-ring (bicyclic) bond motifs is 3. The van der Waals surface area contributed by atoms with Gasteiger partial charge < -0.3 is 10.5 Å². The molecule has 0 fully saturated rings. The largest absolute Gasteiger partial charge is 0.497 e. The summed E-state index contributed by atoms with van der Waals surface area (Å²) >= 11 is 3.00. The molecule has 2 N–H and O–H groups in total. The third-order valence-corrected chi connectivity index (χ3v) is 6.98. The lowest BCUT2D eigenvalue weighted by molar-refractivity contribution is -0.117. The summed E-state index contributed by atoms with van der Waals surface area (Å²) in [6, 6.07) is 7.39. The van der Waals surface area contributed by atoms with E-state index in [1.807, 2.05) is 24.3 Å². The van der Waals surface area contributed by atoms with Crippen LogP contribution in [0.15, 0.2) is 34.2 Å². The normalized spacial score (nSPS) is 13.5. The maximum Gasteiger partial charge on any atom is 0.267 e. The highest BCUT2D eigenvalue weighted by molar-refractivity contribution is 7.99. The van der Waals surface area contributed by atoms with E-state index >= 15 is 0 Å². The fraction of sp³-hybridized carbons (Fsp3) is 0.350. The van der Waals surface area contributed by atoms with Gasteiger partial charge in [-0.3, -0.25) is 14.2 Å². The van der Waals surface area contributed by atoms with Crippen LogP contribution in [0.4, 0.5) is 0 Å². The third kappa shape index (κ3) is 3.54. The molecular weight excluding hydrogens is 394 g/mol. The topological polar surface area (TPSA) is 87.2 Å². The quantitative estimate of drug-likeness (QED) is 0.493. The second kappa shape index (κ2) is 7.97. The molecule has 0 radical (unpaired) electrons. The van der Waals surface area contributed by atoms with Crippen LogP contribution in [0.1, 0.15) is 29.7 Å². The van der Waals surface area contributed by atoms with Crippen molar-refractivity contribution in [2.24, 2.45) is 5.73 Å². The van der Waals surface area contributed by atoms with Gasteiger partial charge in [0.1, 0.15) is 10.6 Å². The molecule has 0 aliphatic heterocycles. The molecule has 0 atom stereocenters. The Bertz CT molecular complexity index is 1100. The van der Waals surface area contributed by atoms with E-state index in [4.69, 9.17) is 15.5 Å². The number of primary amides is 1. The van der Waals surface area contributed by atoms with E-state index in [0.29, 0.717) is 22.3 Å². The average Bonchev–Trinajstić information content (AvgIpc) is 3.06. The highest BCUT2D eigenvalue weighted by Crippen LogP contribution is 2.35. The van der Waals surface area contributed by atoms with E-state index in [9.17, 15) is 9.59 Å². The molecule has 0 bridgehead atoms. The van der Waals surface area contributed by atoms with Crippen molar-refractivity contribution in [1.82, 2.24) is 9.55 Å². The molecule has 6 nitrogen and oxygen atoms in total. The van der Waals surface area contributed by atoms with Gasteiger partial charge in [0.15, 0.2) is 5.16 Å². The lowest BCUT2D eigenvalue weighted by Gasteiger charge is -2.14. The maximum absolute atomic E-state index is 13.6. The van der Waals surface area contributed by atoms with Crippen molar-refractivity contribution in [2.45, 2.75) is 37.3 Å². The summed E-state index contributed by atoms with van der Waals surface area (Å²) in [5.41, 5.74) is 7.08. The summed E-state index contributed by atoms with van der Waals surface area (Å²) in [4.78, 5) is 31.6. The summed E-state index contributed by atoms with van der Waals surface area (Å²) < 4.78 is 6.97. The Hall–Kier alpha value is -2.32. The van der Waals surface area contributed by atoms with Gasteiger partial charge >= 0.3 is 0 Å². The highest BCUT2D eigenvalue weighted by Gasteiger charge is 2.23. The monoisotopic (exact) mass is 415 g/mol. The van der Waals surface area contributed by atoms with Crippen molar-refractivity contribution in [1.29, 1.82) is 0 Å². The molecule has 0 saturated heterocycles. The van der Waals surface area contributed by atoms with Crippen molar-refractivity contribution in [3.8, 4) is 11.4 Å². The van der Waals surface area contributed by atoms with E-state index in [0.717, 1.165) is 41.5 Å². The van der Waals surface area contributed by atoms with Crippen molar-refractivity contribution in [3.63, 3.8) is 0 Å².